The first-order valence-corrected chi connectivity index (χ1v) is 5.86. The monoisotopic (exact) mass is 269 g/mol. The summed E-state index contributed by atoms with van der Waals surface area (Å²) in [5, 5.41) is 10.6. The van der Waals surface area contributed by atoms with Gasteiger partial charge in [0.15, 0.2) is 0 Å². The molecule has 0 rings (SSSR count). The second-order valence-corrected chi connectivity index (χ2v) is 4.07. The van der Waals surface area contributed by atoms with Crippen LogP contribution in [-0.2, 0) is 9.59 Å². The summed E-state index contributed by atoms with van der Waals surface area (Å²) in [6.07, 6.45) is -2.30. The molecule has 0 fully saturated rings. The Hall–Kier alpha value is -1.27. The highest BCUT2D eigenvalue weighted by atomic mass is 19.4. The van der Waals surface area contributed by atoms with E-state index in [9.17, 15) is 22.8 Å². The van der Waals surface area contributed by atoms with E-state index in [0.717, 1.165) is 6.42 Å². The number of alkyl halides is 3. The maximum Gasteiger partial charge on any atom is 0.471 e. The second kappa shape index (κ2) is 7.94. The molecule has 0 bridgehead atoms. The van der Waals surface area contributed by atoms with E-state index in [0.29, 0.717) is 25.7 Å². The van der Waals surface area contributed by atoms with Gasteiger partial charge >= 0.3 is 18.1 Å². The lowest BCUT2D eigenvalue weighted by molar-refractivity contribution is -0.173. The molecule has 4 nitrogen and oxygen atoms in total. The molecule has 0 aliphatic heterocycles. The van der Waals surface area contributed by atoms with Gasteiger partial charge in [-0.1, -0.05) is 19.8 Å². The average Bonchev–Trinajstić information content (AvgIpc) is 2.25. The summed E-state index contributed by atoms with van der Waals surface area (Å²) in [7, 11) is 0. The van der Waals surface area contributed by atoms with Crippen LogP contribution in [0.25, 0.3) is 0 Å². The number of carboxylic acid groups (broad SMARTS) is 1. The van der Waals surface area contributed by atoms with E-state index in [2.05, 4.69) is 0 Å². The molecule has 0 radical (unpaired) electrons. The molecule has 18 heavy (non-hydrogen) atoms. The highest BCUT2D eigenvalue weighted by Gasteiger charge is 2.38. The molecule has 1 unspecified atom stereocenters. The van der Waals surface area contributed by atoms with Gasteiger partial charge in [-0.05, 0) is 19.3 Å². The van der Waals surface area contributed by atoms with Gasteiger partial charge in [-0.25, -0.2) is 0 Å². The van der Waals surface area contributed by atoms with Gasteiger partial charge < -0.3 is 10.4 Å². The quantitative estimate of drug-likeness (QED) is 0.665. The molecule has 2 N–H and O–H groups in total. The van der Waals surface area contributed by atoms with Crippen molar-refractivity contribution in [2.45, 2.75) is 45.2 Å². The standard InChI is InChI=1S/C11H18F3NO3/c1-2-5-8(9(16)17)6-3-4-7-15-10(18)11(12,13)14/h8H,2-7H2,1H3,(H,15,18)(H,16,17). The van der Waals surface area contributed by atoms with Gasteiger partial charge in [0.05, 0.1) is 5.92 Å². The number of carbonyl (C=O) groups is 2. The van der Waals surface area contributed by atoms with Crippen LogP contribution < -0.4 is 5.32 Å². The molecule has 1 amide bonds. The molecule has 7 heteroatoms. The first-order chi connectivity index (χ1) is 8.29. The maximum absolute atomic E-state index is 11.8. The Balaban J connectivity index is 3.73. The largest absolute Gasteiger partial charge is 0.481 e. The lowest BCUT2D eigenvalue weighted by Gasteiger charge is -2.11. The fourth-order valence-electron chi connectivity index (χ4n) is 1.56. The van der Waals surface area contributed by atoms with Crippen molar-refractivity contribution >= 4 is 11.9 Å². The molecular weight excluding hydrogens is 251 g/mol. The van der Waals surface area contributed by atoms with Crippen LogP contribution >= 0.6 is 0 Å². The van der Waals surface area contributed by atoms with Crippen LogP contribution in [0, 0.1) is 5.92 Å². The highest BCUT2D eigenvalue weighted by Crippen LogP contribution is 2.16. The van der Waals surface area contributed by atoms with Gasteiger partial charge in [-0.3, -0.25) is 9.59 Å². The summed E-state index contributed by atoms with van der Waals surface area (Å²) < 4.78 is 35.4. The fraction of sp³-hybridized carbons (Fsp3) is 0.818. The van der Waals surface area contributed by atoms with Gasteiger partial charge in [-0.15, -0.1) is 0 Å². The number of carboxylic acids is 1. The van der Waals surface area contributed by atoms with Gasteiger partial charge in [0.1, 0.15) is 0 Å². The molecule has 0 saturated carbocycles. The van der Waals surface area contributed by atoms with Crippen molar-refractivity contribution in [2.24, 2.45) is 5.92 Å². The number of hydrogen-bond acceptors (Lipinski definition) is 2. The molecule has 0 aliphatic carbocycles. The Labute approximate surface area is 104 Å². The van der Waals surface area contributed by atoms with E-state index in [1.54, 1.807) is 5.32 Å². The molecule has 0 spiro atoms. The van der Waals surface area contributed by atoms with E-state index in [-0.39, 0.29) is 6.54 Å². The number of hydrogen-bond donors (Lipinski definition) is 2. The molecule has 1 atom stereocenters. The van der Waals surface area contributed by atoms with Crippen LogP contribution in [0.4, 0.5) is 13.2 Å². The molecule has 0 aromatic rings. The predicted molar refractivity (Wildman–Crippen MR) is 58.9 cm³/mol. The molecule has 0 aromatic carbocycles. The van der Waals surface area contributed by atoms with Crippen LogP contribution in [0.2, 0.25) is 0 Å². The number of halogens is 3. The third kappa shape index (κ3) is 7.13. The third-order valence-corrected chi connectivity index (χ3v) is 2.51. The summed E-state index contributed by atoms with van der Waals surface area (Å²) in [6.45, 7) is 1.79. The molecule has 0 aromatic heterocycles. The van der Waals surface area contributed by atoms with Crippen molar-refractivity contribution < 1.29 is 27.9 Å². The van der Waals surface area contributed by atoms with Crippen molar-refractivity contribution in [3.8, 4) is 0 Å². The van der Waals surface area contributed by atoms with Crippen molar-refractivity contribution in [1.29, 1.82) is 0 Å². The molecular formula is C11H18F3NO3. The van der Waals surface area contributed by atoms with E-state index in [1.807, 2.05) is 6.92 Å². The van der Waals surface area contributed by atoms with Crippen LogP contribution in [0.5, 0.6) is 0 Å². The lowest BCUT2D eigenvalue weighted by atomic mass is 9.97. The van der Waals surface area contributed by atoms with Gasteiger partial charge in [0, 0.05) is 6.54 Å². The minimum Gasteiger partial charge on any atom is -0.481 e. The topological polar surface area (TPSA) is 66.4 Å². The number of nitrogens with one attached hydrogen (secondary N) is 1. The van der Waals surface area contributed by atoms with Gasteiger partial charge in [0.2, 0.25) is 0 Å². The van der Waals surface area contributed by atoms with E-state index in [4.69, 9.17) is 5.11 Å². The Morgan fingerprint density at radius 2 is 1.83 bits per heavy atom. The van der Waals surface area contributed by atoms with Crippen molar-refractivity contribution in [2.75, 3.05) is 6.54 Å². The minimum atomic E-state index is -4.86. The SMILES string of the molecule is CCCC(CCCCNC(=O)C(F)(F)F)C(=O)O. The Morgan fingerprint density at radius 3 is 2.28 bits per heavy atom. The van der Waals surface area contributed by atoms with Crippen molar-refractivity contribution in [3.63, 3.8) is 0 Å². The molecule has 0 saturated heterocycles. The molecule has 106 valence electrons. The van der Waals surface area contributed by atoms with Crippen LogP contribution in [-0.4, -0.2) is 29.7 Å². The van der Waals surface area contributed by atoms with Crippen LogP contribution in [0.3, 0.4) is 0 Å². The third-order valence-electron chi connectivity index (χ3n) is 2.51. The highest BCUT2D eigenvalue weighted by molar-refractivity contribution is 5.81. The normalized spacial score (nSPS) is 13.1. The average molecular weight is 269 g/mol. The summed E-state index contributed by atoms with van der Waals surface area (Å²) in [5.74, 6) is -3.28. The number of unbranched alkanes of at least 4 members (excludes halogenated alkanes) is 1. The fourth-order valence-corrected chi connectivity index (χ4v) is 1.56. The maximum atomic E-state index is 11.8. The zero-order valence-corrected chi connectivity index (χ0v) is 10.2. The summed E-state index contributed by atoms with van der Waals surface area (Å²) in [6, 6.07) is 0. The smallest absolute Gasteiger partial charge is 0.471 e. The Morgan fingerprint density at radius 1 is 1.22 bits per heavy atom. The van der Waals surface area contributed by atoms with E-state index >= 15 is 0 Å². The summed E-state index contributed by atoms with van der Waals surface area (Å²) >= 11 is 0. The Bertz CT molecular complexity index is 279. The zero-order chi connectivity index (χ0) is 14.2. The van der Waals surface area contributed by atoms with Crippen molar-refractivity contribution in [3.05, 3.63) is 0 Å². The number of carbonyl (C=O) groups excluding carboxylic acids is 1. The number of rotatable bonds is 8. The molecule has 0 heterocycles. The van der Waals surface area contributed by atoms with E-state index in [1.165, 1.54) is 0 Å². The summed E-state index contributed by atoms with van der Waals surface area (Å²) in [5.41, 5.74) is 0. The summed E-state index contributed by atoms with van der Waals surface area (Å²) in [4.78, 5) is 21.2. The predicted octanol–water partition coefficient (Wildman–Crippen LogP) is 2.34. The van der Waals surface area contributed by atoms with Crippen LogP contribution in [0.1, 0.15) is 39.0 Å². The Kier molecular flexibility index (Phi) is 7.38. The van der Waals surface area contributed by atoms with Crippen molar-refractivity contribution in [1.82, 2.24) is 5.32 Å². The lowest BCUT2D eigenvalue weighted by Crippen LogP contribution is -2.37. The first kappa shape index (κ1) is 16.7. The van der Waals surface area contributed by atoms with Crippen LogP contribution in [0.15, 0.2) is 0 Å². The van der Waals surface area contributed by atoms with E-state index < -0.39 is 24.0 Å². The first-order valence-electron chi connectivity index (χ1n) is 5.86. The zero-order valence-electron chi connectivity index (χ0n) is 10.2. The second-order valence-electron chi connectivity index (χ2n) is 4.07. The van der Waals surface area contributed by atoms with Gasteiger partial charge in [0.25, 0.3) is 0 Å². The number of amides is 1. The van der Waals surface area contributed by atoms with Gasteiger partial charge in [-0.2, -0.15) is 13.2 Å². The number of aliphatic carboxylic acids is 1. The molecule has 0 aliphatic rings. The minimum absolute atomic E-state index is 0.0865.